The number of benzene rings is 1. The Kier molecular flexibility index (Phi) is 5.33. The molecule has 1 rings (SSSR count). The summed E-state index contributed by atoms with van der Waals surface area (Å²) in [6, 6.07) is 5.54. The predicted molar refractivity (Wildman–Crippen MR) is 74.7 cm³/mol. The molecular formula is C12H16BrNO2S. The van der Waals surface area contributed by atoms with Gasteiger partial charge >= 0.3 is 0 Å². The third kappa shape index (κ3) is 3.92. The highest BCUT2D eigenvalue weighted by molar-refractivity contribution is 9.10. The van der Waals surface area contributed by atoms with E-state index in [9.17, 15) is 9.00 Å². The van der Waals surface area contributed by atoms with Crippen LogP contribution in [0.1, 0.15) is 22.8 Å². The number of carbonyl (C=O) groups excluding carboxylic acids is 1. The molecule has 1 N–H and O–H groups in total. The van der Waals surface area contributed by atoms with E-state index in [4.69, 9.17) is 0 Å². The maximum absolute atomic E-state index is 11.9. The van der Waals surface area contributed by atoms with Gasteiger partial charge in [0.1, 0.15) is 0 Å². The minimum absolute atomic E-state index is 0.0393. The van der Waals surface area contributed by atoms with Gasteiger partial charge in [0.25, 0.3) is 5.91 Å². The quantitative estimate of drug-likeness (QED) is 0.925. The van der Waals surface area contributed by atoms with Crippen molar-refractivity contribution in [1.29, 1.82) is 0 Å². The molecule has 2 atom stereocenters. The zero-order valence-electron chi connectivity index (χ0n) is 10.1. The molecule has 0 aliphatic heterocycles. The molecule has 0 spiro atoms. The molecule has 0 aliphatic carbocycles. The number of halogens is 1. The second-order valence-electron chi connectivity index (χ2n) is 3.96. The lowest BCUT2D eigenvalue weighted by Crippen LogP contribution is -2.32. The van der Waals surface area contributed by atoms with E-state index in [0.29, 0.717) is 12.1 Å². The molecule has 0 saturated carbocycles. The number of nitrogens with one attached hydrogen (secondary N) is 1. The number of aryl methyl sites for hydroxylation is 1. The fourth-order valence-electron chi connectivity index (χ4n) is 1.27. The van der Waals surface area contributed by atoms with Crippen molar-refractivity contribution in [3.05, 3.63) is 33.8 Å². The topological polar surface area (TPSA) is 46.2 Å². The molecule has 5 heteroatoms. The molecule has 17 heavy (non-hydrogen) atoms. The molecule has 0 radical (unpaired) electrons. The average molecular weight is 318 g/mol. The molecule has 2 unspecified atom stereocenters. The molecule has 1 aromatic rings. The first-order valence-corrected chi connectivity index (χ1v) is 7.70. The van der Waals surface area contributed by atoms with Crippen LogP contribution in [0.15, 0.2) is 22.7 Å². The van der Waals surface area contributed by atoms with Crippen molar-refractivity contribution in [3.8, 4) is 0 Å². The van der Waals surface area contributed by atoms with Crippen LogP contribution in [-0.2, 0) is 10.8 Å². The van der Waals surface area contributed by atoms with Gasteiger partial charge in [-0.15, -0.1) is 0 Å². The maximum Gasteiger partial charge on any atom is 0.252 e. The summed E-state index contributed by atoms with van der Waals surface area (Å²) in [5, 5.41) is 2.75. The lowest BCUT2D eigenvalue weighted by molar-refractivity contribution is 0.0953. The van der Waals surface area contributed by atoms with Gasteiger partial charge in [-0.05, 0) is 41.4 Å². The summed E-state index contributed by atoms with van der Waals surface area (Å²) < 4.78 is 12.0. The molecule has 94 valence electrons. The summed E-state index contributed by atoms with van der Waals surface area (Å²) >= 11 is 3.40. The SMILES string of the molecule is Cc1cccc(C(=O)NCC(C)S(C)=O)c1Br. The van der Waals surface area contributed by atoms with Gasteiger partial charge in [-0.1, -0.05) is 12.1 Å². The molecule has 0 aliphatic rings. The van der Waals surface area contributed by atoms with Gasteiger partial charge in [0.15, 0.2) is 0 Å². The van der Waals surface area contributed by atoms with Crippen molar-refractivity contribution in [2.75, 3.05) is 12.8 Å². The summed E-state index contributed by atoms with van der Waals surface area (Å²) in [7, 11) is -0.919. The summed E-state index contributed by atoms with van der Waals surface area (Å²) in [6.07, 6.45) is 1.64. The second-order valence-corrected chi connectivity index (χ2v) is 6.55. The molecule has 0 aromatic heterocycles. The van der Waals surface area contributed by atoms with Gasteiger partial charge in [0, 0.05) is 33.3 Å². The molecule has 1 aromatic carbocycles. The van der Waals surface area contributed by atoms with Gasteiger partial charge < -0.3 is 5.32 Å². The minimum Gasteiger partial charge on any atom is -0.351 e. The van der Waals surface area contributed by atoms with Crippen LogP contribution in [0.5, 0.6) is 0 Å². The molecule has 0 heterocycles. The van der Waals surface area contributed by atoms with Crippen molar-refractivity contribution in [1.82, 2.24) is 5.32 Å². The van der Waals surface area contributed by atoms with Gasteiger partial charge in [-0.3, -0.25) is 9.00 Å². The normalized spacial score (nSPS) is 14.1. The summed E-state index contributed by atoms with van der Waals surface area (Å²) in [4.78, 5) is 11.9. The molecule has 0 saturated heterocycles. The molecule has 0 fully saturated rings. The summed E-state index contributed by atoms with van der Waals surface area (Å²) in [6.45, 7) is 4.20. The van der Waals surface area contributed by atoms with E-state index in [1.165, 1.54) is 0 Å². The Morgan fingerprint density at radius 2 is 2.18 bits per heavy atom. The number of hydrogen-bond donors (Lipinski definition) is 1. The Morgan fingerprint density at radius 1 is 1.53 bits per heavy atom. The van der Waals surface area contributed by atoms with Gasteiger partial charge in [0.2, 0.25) is 0 Å². The molecular weight excluding hydrogens is 302 g/mol. The van der Waals surface area contributed by atoms with Gasteiger partial charge in [0.05, 0.1) is 5.56 Å². The maximum atomic E-state index is 11.9. The van der Waals surface area contributed by atoms with Crippen molar-refractivity contribution >= 4 is 32.6 Å². The summed E-state index contributed by atoms with van der Waals surface area (Å²) in [5.74, 6) is -0.141. The van der Waals surface area contributed by atoms with Crippen molar-refractivity contribution < 1.29 is 9.00 Å². The van der Waals surface area contributed by atoms with Crippen LogP contribution < -0.4 is 5.32 Å². The van der Waals surface area contributed by atoms with E-state index in [1.54, 1.807) is 12.3 Å². The Bertz CT molecular complexity index is 448. The van der Waals surface area contributed by atoms with Crippen LogP contribution in [-0.4, -0.2) is 28.2 Å². The first-order valence-electron chi connectivity index (χ1n) is 5.29. The lowest BCUT2D eigenvalue weighted by Gasteiger charge is -2.11. The number of amides is 1. The van der Waals surface area contributed by atoms with Crippen molar-refractivity contribution in [2.24, 2.45) is 0 Å². The van der Waals surface area contributed by atoms with E-state index in [-0.39, 0.29) is 11.2 Å². The van der Waals surface area contributed by atoms with E-state index >= 15 is 0 Å². The fraction of sp³-hybridized carbons (Fsp3) is 0.417. The van der Waals surface area contributed by atoms with Crippen molar-refractivity contribution in [2.45, 2.75) is 19.1 Å². The second kappa shape index (κ2) is 6.31. The van der Waals surface area contributed by atoms with E-state index < -0.39 is 10.8 Å². The van der Waals surface area contributed by atoms with Crippen LogP contribution in [0, 0.1) is 6.92 Å². The van der Waals surface area contributed by atoms with E-state index in [1.807, 2.05) is 26.0 Å². The zero-order valence-corrected chi connectivity index (χ0v) is 12.5. The largest absolute Gasteiger partial charge is 0.351 e. The van der Waals surface area contributed by atoms with Gasteiger partial charge in [-0.2, -0.15) is 0 Å². The molecule has 1 amide bonds. The first kappa shape index (κ1) is 14.4. The lowest BCUT2D eigenvalue weighted by atomic mass is 10.1. The van der Waals surface area contributed by atoms with Crippen LogP contribution >= 0.6 is 15.9 Å². The molecule has 3 nitrogen and oxygen atoms in total. The highest BCUT2D eigenvalue weighted by Crippen LogP contribution is 2.20. The minimum atomic E-state index is -0.919. The number of hydrogen-bond acceptors (Lipinski definition) is 2. The number of rotatable bonds is 4. The summed E-state index contributed by atoms with van der Waals surface area (Å²) in [5.41, 5.74) is 1.63. The van der Waals surface area contributed by atoms with Crippen LogP contribution in [0.4, 0.5) is 0 Å². The third-order valence-electron chi connectivity index (χ3n) is 2.55. The molecule has 0 bridgehead atoms. The Hall–Kier alpha value is -0.680. The Balaban J connectivity index is 2.71. The zero-order chi connectivity index (χ0) is 13.0. The third-order valence-corrected chi connectivity index (χ3v) is 4.91. The Morgan fingerprint density at radius 3 is 2.76 bits per heavy atom. The van der Waals surface area contributed by atoms with Crippen LogP contribution in [0.3, 0.4) is 0 Å². The van der Waals surface area contributed by atoms with Crippen molar-refractivity contribution in [3.63, 3.8) is 0 Å². The highest BCUT2D eigenvalue weighted by Gasteiger charge is 2.13. The highest BCUT2D eigenvalue weighted by atomic mass is 79.9. The van der Waals surface area contributed by atoms with Crippen LogP contribution in [0.2, 0.25) is 0 Å². The first-order chi connectivity index (χ1) is 7.93. The standard InChI is InChI=1S/C12H16BrNO2S/c1-8-5-4-6-10(11(8)13)12(15)14-7-9(2)17(3)16/h4-6,9H,7H2,1-3H3,(H,14,15). The Labute approximate surface area is 113 Å². The van der Waals surface area contributed by atoms with E-state index in [0.717, 1.165) is 10.0 Å². The predicted octanol–water partition coefficient (Wildman–Crippen LogP) is 2.25. The van der Waals surface area contributed by atoms with Crippen LogP contribution in [0.25, 0.3) is 0 Å². The average Bonchev–Trinajstić information content (AvgIpc) is 2.29. The van der Waals surface area contributed by atoms with E-state index in [2.05, 4.69) is 21.2 Å². The smallest absolute Gasteiger partial charge is 0.252 e. The van der Waals surface area contributed by atoms with Gasteiger partial charge in [-0.25, -0.2) is 0 Å². The number of carbonyl (C=O) groups is 1. The fourth-order valence-corrected chi connectivity index (χ4v) is 2.03. The monoisotopic (exact) mass is 317 g/mol.